The van der Waals surface area contributed by atoms with Gasteiger partial charge < -0.3 is 20.1 Å². The molecule has 15 heteroatoms. The molecule has 3 N–H and O–H groups in total. The minimum atomic E-state index is -0.439. The third kappa shape index (κ3) is 6.54. The van der Waals surface area contributed by atoms with Gasteiger partial charge in [-0.15, -0.1) is 0 Å². The summed E-state index contributed by atoms with van der Waals surface area (Å²) in [6.45, 7) is 4.87. The molecular formula is C30H36FN11O3. The van der Waals surface area contributed by atoms with E-state index in [1.165, 1.54) is 10.9 Å². The van der Waals surface area contributed by atoms with Gasteiger partial charge in [0.25, 0.3) is 0 Å². The summed E-state index contributed by atoms with van der Waals surface area (Å²) in [7, 11) is 3.28. The predicted octanol–water partition coefficient (Wildman–Crippen LogP) is 3.74. The number of aromatic nitrogens is 9. The molecule has 6 rings (SSSR count). The van der Waals surface area contributed by atoms with Crippen LogP contribution in [0.5, 0.6) is 0 Å². The number of carbonyl (C=O) groups excluding carboxylic acids is 1. The van der Waals surface area contributed by atoms with E-state index in [4.69, 9.17) is 19.4 Å². The van der Waals surface area contributed by atoms with Gasteiger partial charge in [0.1, 0.15) is 11.6 Å². The number of rotatable bonds is 11. The molecule has 0 saturated heterocycles. The van der Waals surface area contributed by atoms with Gasteiger partial charge in [-0.2, -0.15) is 15.3 Å². The topological polar surface area (TPSA) is 163 Å². The smallest absolute Gasteiger partial charge is 0.226 e. The molecule has 0 spiro atoms. The zero-order chi connectivity index (χ0) is 31.5. The van der Waals surface area contributed by atoms with Gasteiger partial charge in [-0.3, -0.25) is 9.89 Å². The van der Waals surface area contributed by atoms with Gasteiger partial charge in [0.05, 0.1) is 55.2 Å². The average Bonchev–Trinajstić information content (AvgIpc) is 3.79. The molecular weight excluding hydrogens is 581 g/mol. The van der Waals surface area contributed by atoms with Crippen molar-refractivity contribution < 1.29 is 18.7 Å². The molecule has 1 fully saturated rings. The first kappa shape index (κ1) is 30.3. The van der Waals surface area contributed by atoms with Crippen LogP contribution in [0.3, 0.4) is 0 Å². The van der Waals surface area contributed by atoms with Gasteiger partial charge in [0.2, 0.25) is 5.91 Å². The van der Waals surface area contributed by atoms with Crippen molar-refractivity contribution in [2.75, 3.05) is 26.1 Å². The van der Waals surface area contributed by atoms with Gasteiger partial charge in [0.15, 0.2) is 23.1 Å². The van der Waals surface area contributed by atoms with Crippen LogP contribution in [-0.4, -0.2) is 77.5 Å². The largest absolute Gasteiger partial charge is 0.383 e. The molecule has 14 nitrogen and oxygen atoms in total. The summed E-state index contributed by atoms with van der Waals surface area (Å²) in [6, 6.07) is 5.20. The van der Waals surface area contributed by atoms with Gasteiger partial charge in [-0.05, 0) is 44.7 Å². The van der Waals surface area contributed by atoms with Crippen LogP contribution in [0.15, 0.2) is 43.0 Å². The second-order valence-electron chi connectivity index (χ2n) is 11.3. The first-order valence-electron chi connectivity index (χ1n) is 14.8. The fourth-order valence-corrected chi connectivity index (χ4v) is 5.74. The maximum atomic E-state index is 13.5. The number of fused-ring (bicyclic) bond motifs is 1. The average molecular weight is 618 g/mol. The Morgan fingerprint density at radius 1 is 1.18 bits per heavy atom. The minimum absolute atomic E-state index is 0.0306. The van der Waals surface area contributed by atoms with E-state index in [0.717, 1.165) is 22.8 Å². The van der Waals surface area contributed by atoms with Gasteiger partial charge in [-0.25, -0.2) is 28.7 Å². The van der Waals surface area contributed by atoms with E-state index >= 15 is 0 Å². The molecule has 0 bridgehead atoms. The van der Waals surface area contributed by atoms with Crippen LogP contribution in [0.2, 0.25) is 0 Å². The highest BCUT2D eigenvalue weighted by Crippen LogP contribution is 2.38. The highest BCUT2D eigenvalue weighted by atomic mass is 19.1. The minimum Gasteiger partial charge on any atom is -0.383 e. The van der Waals surface area contributed by atoms with E-state index < -0.39 is 5.82 Å². The predicted molar refractivity (Wildman–Crippen MR) is 163 cm³/mol. The highest BCUT2D eigenvalue weighted by Gasteiger charge is 2.37. The van der Waals surface area contributed by atoms with Crippen LogP contribution in [0.4, 0.5) is 16.0 Å². The fraction of sp³-hybridized carbons (Fsp3) is 0.433. The Kier molecular flexibility index (Phi) is 8.80. The molecule has 0 aliphatic heterocycles. The Hall–Kier alpha value is -4.76. The normalized spacial score (nSPS) is 19.1. The maximum Gasteiger partial charge on any atom is 0.226 e. The quantitative estimate of drug-likeness (QED) is 0.199. The number of pyridine rings is 1. The zero-order valence-electron chi connectivity index (χ0n) is 25.6. The molecule has 0 aromatic carbocycles. The number of anilines is 2. The summed E-state index contributed by atoms with van der Waals surface area (Å²) in [5.74, 6) is 1.51. The number of aryl methyl sites for hydroxylation is 1. The lowest BCUT2D eigenvalue weighted by molar-refractivity contribution is -0.132. The summed E-state index contributed by atoms with van der Waals surface area (Å²) < 4.78 is 27.7. The first-order valence-corrected chi connectivity index (χ1v) is 14.8. The molecule has 45 heavy (non-hydrogen) atoms. The molecule has 0 unspecified atom stereocenters. The Balaban J connectivity index is 1.17. The Labute approximate surface area is 258 Å². The van der Waals surface area contributed by atoms with Crippen LogP contribution in [-0.2, 0) is 20.8 Å². The lowest BCUT2D eigenvalue weighted by Crippen LogP contribution is -2.42. The van der Waals surface area contributed by atoms with Crippen molar-refractivity contribution in [2.45, 2.75) is 57.7 Å². The van der Waals surface area contributed by atoms with E-state index in [0.29, 0.717) is 61.3 Å². The molecule has 1 saturated carbocycles. The van der Waals surface area contributed by atoms with Crippen LogP contribution in [0.25, 0.3) is 16.9 Å². The number of nitrogens with one attached hydrogen (secondary N) is 3. The number of aromatic amines is 1. The summed E-state index contributed by atoms with van der Waals surface area (Å²) >= 11 is 0. The Bertz CT molecular complexity index is 1770. The molecule has 5 heterocycles. The number of halogens is 1. The number of carbonyl (C=O) groups is 1. The highest BCUT2D eigenvalue weighted by molar-refractivity contribution is 5.88. The van der Waals surface area contributed by atoms with E-state index in [1.54, 1.807) is 32.7 Å². The maximum absolute atomic E-state index is 13.5. The van der Waals surface area contributed by atoms with Gasteiger partial charge >= 0.3 is 0 Å². The van der Waals surface area contributed by atoms with Crippen LogP contribution < -0.4 is 10.6 Å². The lowest BCUT2D eigenvalue weighted by Gasteiger charge is -2.34. The molecule has 1 aliphatic rings. The number of hydrogen-bond acceptors (Lipinski definition) is 10. The molecule has 4 atom stereocenters. The molecule has 1 amide bonds. The van der Waals surface area contributed by atoms with E-state index in [1.807, 2.05) is 30.7 Å². The van der Waals surface area contributed by atoms with E-state index in [-0.39, 0.29) is 29.9 Å². The summed E-state index contributed by atoms with van der Waals surface area (Å²) in [5.41, 5.74) is 2.44. The van der Waals surface area contributed by atoms with Crippen molar-refractivity contribution in [3.05, 3.63) is 65.9 Å². The van der Waals surface area contributed by atoms with Crippen molar-refractivity contribution in [2.24, 2.45) is 5.92 Å². The van der Waals surface area contributed by atoms with Crippen molar-refractivity contribution in [3.63, 3.8) is 0 Å². The lowest BCUT2D eigenvalue weighted by atomic mass is 9.78. The summed E-state index contributed by atoms with van der Waals surface area (Å²) in [5, 5.41) is 22.9. The number of nitrogens with zero attached hydrogens (tertiary/aromatic N) is 8. The number of amides is 1. The van der Waals surface area contributed by atoms with Gasteiger partial charge in [-0.1, -0.05) is 6.07 Å². The molecule has 1 aliphatic carbocycles. The third-order valence-electron chi connectivity index (χ3n) is 8.18. The molecule has 0 radical (unpaired) electrons. The fourth-order valence-electron chi connectivity index (χ4n) is 5.74. The molecule has 236 valence electrons. The number of methoxy groups -OCH3 is 2. The number of ether oxygens (including phenoxy) is 2. The zero-order valence-corrected chi connectivity index (χ0v) is 25.6. The molecule has 5 aromatic rings. The van der Waals surface area contributed by atoms with E-state index in [9.17, 15) is 9.18 Å². The van der Waals surface area contributed by atoms with Gasteiger partial charge in [0, 0.05) is 38.1 Å². The van der Waals surface area contributed by atoms with Crippen LogP contribution >= 0.6 is 0 Å². The summed E-state index contributed by atoms with van der Waals surface area (Å²) in [6.07, 6.45) is 7.36. The number of H-pyrrole nitrogens is 1. The first-order chi connectivity index (χ1) is 21.8. The monoisotopic (exact) mass is 617 g/mol. The number of hydrogen-bond donors (Lipinski definition) is 3. The Morgan fingerprint density at radius 2 is 2.04 bits per heavy atom. The van der Waals surface area contributed by atoms with Crippen LogP contribution in [0, 0.1) is 18.7 Å². The SMILES string of the molecule is COCCn1ncc2c(Nc3cc(C)[nH]n3)nc([C@H]3CC[C@H](C(=O)N[C@@H](C)c4ccc(-n5cc(F)cn5)nc4)[C@@H](OC)C3)nc21. The van der Waals surface area contributed by atoms with E-state index in [2.05, 4.69) is 36.0 Å². The van der Waals surface area contributed by atoms with Crippen molar-refractivity contribution in [1.29, 1.82) is 0 Å². The third-order valence-corrected chi connectivity index (χ3v) is 8.18. The molecule has 5 aromatic heterocycles. The second kappa shape index (κ2) is 13.1. The summed E-state index contributed by atoms with van der Waals surface area (Å²) in [4.78, 5) is 27.7. The van der Waals surface area contributed by atoms with Crippen LogP contribution in [0.1, 0.15) is 55.2 Å². The Morgan fingerprint density at radius 3 is 2.73 bits per heavy atom. The standard InChI is InChI=1S/C30H36FN11O3/c1-17-11-25(40-39-17)36-28-23-15-34-41(9-10-44-3)29(23)38-27(37-28)19-5-7-22(24(12-19)45-4)30(43)35-18(2)20-6-8-26(32-13-20)42-16-21(31)14-33-42/h6,8,11,13-16,18-19,22,24H,5,7,9-10,12H2,1-4H3,(H,35,43)(H2,36,37,38,39,40)/t18-,19-,22-,24-/m0/s1. The van der Waals surface area contributed by atoms with Crippen molar-refractivity contribution >= 4 is 28.6 Å². The van der Waals surface area contributed by atoms with Crippen molar-refractivity contribution in [1.82, 2.24) is 50.0 Å². The van der Waals surface area contributed by atoms with Crippen molar-refractivity contribution in [3.8, 4) is 5.82 Å². The second-order valence-corrected chi connectivity index (χ2v) is 11.3.